The number of aldehydes is 1. The lowest BCUT2D eigenvalue weighted by atomic mass is 9.63. The van der Waals surface area contributed by atoms with Crippen molar-refractivity contribution in [2.45, 2.75) is 53.4 Å². The molecule has 0 bridgehead atoms. The van der Waals surface area contributed by atoms with Crippen LogP contribution in [-0.2, 0) is 19.1 Å². The van der Waals surface area contributed by atoms with Crippen LogP contribution in [0, 0.1) is 35.0 Å². The zero-order chi connectivity index (χ0) is 28.2. The average molecular weight is 592 g/mol. The summed E-state index contributed by atoms with van der Waals surface area (Å²) < 4.78 is 6.38. The molecule has 0 amide bonds. The lowest BCUT2D eigenvalue weighted by Gasteiger charge is -2.40. The second-order valence-electron chi connectivity index (χ2n) is 11.8. The molecule has 0 saturated heterocycles. The topological polar surface area (TPSA) is 60.4 Å². The molecule has 4 rings (SSSR count). The predicted octanol–water partition coefficient (Wildman–Crippen LogP) is 7.86. The van der Waals surface area contributed by atoms with Crippen molar-refractivity contribution in [3.8, 4) is 0 Å². The van der Waals surface area contributed by atoms with Crippen molar-refractivity contribution in [2.24, 2.45) is 35.0 Å². The number of hydrogen-bond donors (Lipinski definition) is 0. The van der Waals surface area contributed by atoms with Gasteiger partial charge in [0, 0.05) is 10.5 Å². The first-order valence-corrected chi connectivity index (χ1v) is 14.7. The number of ether oxygens (including phenoxy) is 1. The van der Waals surface area contributed by atoms with E-state index in [-0.39, 0.29) is 35.6 Å². The van der Waals surface area contributed by atoms with E-state index in [2.05, 4.69) is 48.0 Å². The van der Waals surface area contributed by atoms with Crippen molar-refractivity contribution in [1.82, 2.24) is 0 Å². The Kier molecular flexibility index (Phi) is 9.43. The molecule has 0 aliphatic heterocycles. The Morgan fingerprint density at radius 1 is 1.26 bits per heavy atom. The fraction of sp³-hybridized carbons (Fsp3) is 0.441. The first kappa shape index (κ1) is 29.2. The molecule has 0 unspecified atom stereocenters. The lowest BCUT2D eigenvalue weighted by Crippen LogP contribution is -2.34. The van der Waals surface area contributed by atoms with Crippen LogP contribution in [-0.4, -0.2) is 24.6 Å². The molecule has 1 fully saturated rings. The van der Waals surface area contributed by atoms with E-state index in [0.717, 1.165) is 53.2 Å². The number of rotatable bonds is 8. The number of halogens is 1. The third-order valence-electron chi connectivity index (χ3n) is 9.11. The number of ketones is 1. The minimum Gasteiger partial charge on any atom is -0.458 e. The van der Waals surface area contributed by atoms with Gasteiger partial charge >= 0.3 is 5.97 Å². The number of fused-ring (bicyclic) bond motifs is 2. The van der Waals surface area contributed by atoms with Gasteiger partial charge < -0.3 is 4.74 Å². The maximum atomic E-state index is 12.7. The summed E-state index contributed by atoms with van der Waals surface area (Å²) in [6.07, 6.45) is 18.4. The number of benzene rings is 1. The molecule has 0 spiro atoms. The second kappa shape index (κ2) is 12.6. The molecule has 0 heterocycles. The first-order valence-electron chi connectivity index (χ1n) is 13.9. The van der Waals surface area contributed by atoms with Crippen molar-refractivity contribution in [3.05, 3.63) is 87.5 Å². The third kappa shape index (κ3) is 6.87. The van der Waals surface area contributed by atoms with Crippen molar-refractivity contribution in [3.63, 3.8) is 0 Å². The highest BCUT2D eigenvalue weighted by atomic mass is 79.9. The fourth-order valence-electron chi connectivity index (χ4n) is 6.87. The zero-order valence-electron chi connectivity index (χ0n) is 23.4. The number of hydrogen-bond acceptors (Lipinski definition) is 4. The third-order valence-corrected chi connectivity index (χ3v) is 9.64. The Morgan fingerprint density at radius 2 is 2.00 bits per heavy atom. The standard InChI is InChI=1S/C34H39BrO4/c1-22(21-39-32(38)15-10-25-8-12-27(35)13-9-25)6-5-7-23(2)28-16-17-34(4)19-29-24(3)18-31(37)33(29)26(20-36)11-14-30(28)34/h5-13,15,18,20,23,28-30,33H,14,16-17,19,21H2,1-4H3/b7-5-,15-10+,22-6-,26-11-/t23-,28+,29+,30-,33-,34+/m0/s1. The molecular weight excluding hydrogens is 552 g/mol. The van der Waals surface area contributed by atoms with E-state index in [9.17, 15) is 14.4 Å². The van der Waals surface area contributed by atoms with Gasteiger partial charge in [0.1, 0.15) is 12.9 Å². The molecule has 3 aliphatic rings. The molecule has 1 aromatic rings. The molecule has 206 valence electrons. The smallest absolute Gasteiger partial charge is 0.331 e. The van der Waals surface area contributed by atoms with Crippen molar-refractivity contribution in [2.75, 3.05) is 6.61 Å². The number of carbonyl (C=O) groups is 3. The molecule has 1 saturated carbocycles. The van der Waals surface area contributed by atoms with Crippen LogP contribution in [0.15, 0.2) is 81.9 Å². The van der Waals surface area contributed by atoms with Crippen LogP contribution in [0.2, 0.25) is 0 Å². The summed E-state index contributed by atoms with van der Waals surface area (Å²) >= 11 is 3.40. The van der Waals surface area contributed by atoms with Crippen LogP contribution in [0.5, 0.6) is 0 Å². The maximum Gasteiger partial charge on any atom is 0.331 e. The monoisotopic (exact) mass is 590 g/mol. The van der Waals surface area contributed by atoms with Gasteiger partial charge in [0.05, 0.1) is 5.92 Å². The molecule has 0 N–H and O–H groups in total. The van der Waals surface area contributed by atoms with Crippen LogP contribution in [0.4, 0.5) is 0 Å². The Morgan fingerprint density at radius 3 is 2.72 bits per heavy atom. The van der Waals surface area contributed by atoms with Gasteiger partial charge in [0.15, 0.2) is 5.78 Å². The summed E-state index contributed by atoms with van der Waals surface area (Å²) in [5.74, 6) is 0.958. The number of allylic oxidation sites excluding steroid dienone is 7. The van der Waals surface area contributed by atoms with Gasteiger partial charge in [0.25, 0.3) is 0 Å². The highest BCUT2D eigenvalue weighted by Crippen LogP contribution is 2.58. The minimum absolute atomic E-state index is 0.0946. The molecule has 0 radical (unpaired) electrons. The summed E-state index contributed by atoms with van der Waals surface area (Å²) in [4.78, 5) is 36.7. The van der Waals surface area contributed by atoms with E-state index >= 15 is 0 Å². The Hall–Kier alpha value is -2.79. The number of carbonyl (C=O) groups excluding carboxylic acids is 3. The van der Waals surface area contributed by atoms with Gasteiger partial charge in [0.2, 0.25) is 0 Å². The quantitative estimate of drug-likeness (QED) is 0.134. The van der Waals surface area contributed by atoms with Crippen molar-refractivity contribution >= 4 is 40.0 Å². The van der Waals surface area contributed by atoms with E-state index in [0.29, 0.717) is 23.3 Å². The van der Waals surface area contributed by atoms with E-state index in [1.54, 1.807) is 12.2 Å². The van der Waals surface area contributed by atoms with Crippen LogP contribution in [0.3, 0.4) is 0 Å². The van der Waals surface area contributed by atoms with E-state index in [4.69, 9.17) is 4.74 Å². The molecule has 1 aromatic carbocycles. The summed E-state index contributed by atoms with van der Waals surface area (Å²) in [5, 5.41) is 0. The van der Waals surface area contributed by atoms with E-state index in [1.165, 1.54) is 6.08 Å². The Labute approximate surface area is 241 Å². The first-order chi connectivity index (χ1) is 18.6. The fourth-order valence-corrected chi connectivity index (χ4v) is 7.13. The molecule has 6 atom stereocenters. The molecular formula is C34H39BrO4. The second-order valence-corrected chi connectivity index (χ2v) is 12.8. The highest BCUT2D eigenvalue weighted by molar-refractivity contribution is 9.10. The van der Waals surface area contributed by atoms with Gasteiger partial charge in [-0.3, -0.25) is 9.59 Å². The zero-order valence-corrected chi connectivity index (χ0v) is 24.9. The normalized spacial score (nSPS) is 31.2. The summed E-state index contributed by atoms with van der Waals surface area (Å²) in [6, 6.07) is 7.71. The van der Waals surface area contributed by atoms with Gasteiger partial charge in [-0.2, -0.15) is 0 Å². The summed E-state index contributed by atoms with van der Waals surface area (Å²) in [5.41, 5.74) is 3.87. The van der Waals surface area contributed by atoms with Gasteiger partial charge in [-0.25, -0.2) is 4.79 Å². The SMILES string of the molecule is CC1=CC(=O)[C@H]2/C(C=O)=C\C[C@H]3[C@@H]([C@@H](C)/C=C\C=C(\C)COC(=O)/C=C/c4ccc(Br)cc4)CC[C@]3(C)C[C@H]12. The molecule has 39 heavy (non-hydrogen) atoms. The van der Waals surface area contributed by atoms with Crippen molar-refractivity contribution in [1.29, 1.82) is 0 Å². The van der Waals surface area contributed by atoms with Crippen LogP contribution in [0.1, 0.15) is 58.9 Å². The van der Waals surface area contributed by atoms with E-state index < -0.39 is 0 Å². The molecule has 5 heteroatoms. The summed E-state index contributed by atoms with van der Waals surface area (Å²) in [7, 11) is 0. The van der Waals surface area contributed by atoms with Crippen LogP contribution in [0.25, 0.3) is 6.08 Å². The van der Waals surface area contributed by atoms with Crippen LogP contribution >= 0.6 is 15.9 Å². The van der Waals surface area contributed by atoms with Crippen LogP contribution < -0.4 is 0 Å². The summed E-state index contributed by atoms with van der Waals surface area (Å²) in [6.45, 7) is 8.93. The molecule has 0 aromatic heterocycles. The largest absolute Gasteiger partial charge is 0.458 e. The average Bonchev–Trinajstić information content (AvgIpc) is 3.36. The van der Waals surface area contributed by atoms with Crippen molar-refractivity contribution < 1.29 is 19.1 Å². The Balaban J connectivity index is 1.35. The van der Waals surface area contributed by atoms with Gasteiger partial charge in [-0.15, -0.1) is 0 Å². The minimum atomic E-state index is -0.364. The molecule has 4 nitrogen and oxygen atoms in total. The Bertz CT molecular complexity index is 1250. The lowest BCUT2D eigenvalue weighted by molar-refractivity contribution is -0.136. The predicted molar refractivity (Wildman–Crippen MR) is 160 cm³/mol. The van der Waals surface area contributed by atoms with E-state index in [1.807, 2.05) is 44.2 Å². The number of esters is 1. The molecule has 3 aliphatic carbocycles. The van der Waals surface area contributed by atoms with Gasteiger partial charge in [-0.05, 0) is 110 Å². The maximum absolute atomic E-state index is 12.7. The van der Waals surface area contributed by atoms with Gasteiger partial charge in [-0.1, -0.05) is 71.8 Å². The highest BCUT2D eigenvalue weighted by Gasteiger charge is 2.50.